The Morgan fingerprint density at radius 3 is 2.48 bits per heavy atom. The van der Waals surface area contributed by atoms with E-state index in [2.05, 4.69) is 15.4 Å². The van der Waals surface area contributed by atoms with Gasteiger partial charge in [-0.2, -0.15) is 18.3 Å². The number of nitrogens with one attached hydrogen (secondary N) is 1. The molecule has 2 saturated heterocycles. The summed E-state index contributed by atoms with van der Waals surface area (Å²) >= 11 is 0. The number of alkyl halides is 3. The van der Waals surface area contributed by atoms with Gasteiger partial charge in [0.05, 0.1) is 29.7 Å². The zero-order valence-electron chi connectivity index (χ0n) is 23.1. The van der Waals surface area contributed by atoms with Gasteiger partial charge in [0, 0.05) is 55.7 Å². The standard InChI is InChI=1S/C30H32F3N7O2/c31-30(32,33)11-8-28(41)36-23-4-3-5-25(17-23)39-20-34-26-16-21(6-7-27(26)39)22-18-35-40(19-22)24-9-14-38(15-10-24)29(42)37-12-1-2-13-37/h3-7,16-20,24H,1-2,8-15H2,(H,36,41). The van der Waals surface area contributed by atoms with Crippen LogP contribution in [0.3, 0.4) is 0 Å². The molecule has 0 radical (unpaired) electrons. The summed E-state index contributed by atoms with van der Waals surface area (Å²) in [5.74, 6) is -0.689. The van der Waals surface area contributed by atoms with Crippen molar-refractivity contribution in [3.63, 3.8) is 0 Å². The first-order valence-electron chi connectivity index (χ1n) is 14.3. The van der Waals surface area contributed by atoms with Crippen LogP contribution in [0.4, 0.5) is 23.7 Å². The Bertz CT molecular complexity index is 1580. The van der Waals surface area contributed by atoms with E-state index in [1.807, 2.05) is 55.7 Å². The topological polar surface area (TPSA) is 88.3 Å². The number of carbonyl (C=O) groups is 2. The quantitative estimate of drug-likeness (QED) is 0.303. The fourth-order valence-electron chi connectivity index (χ4n) is 5.73. The smallest absolute Gasteiger partial charge is 0.326 e. The molecule has 0 saturated carbocycles. The minimum absolute atomic E-state index is 0.164. The highest BCUT2D eigenvalue weighted by Gasteiger charge is 2.29. The van der Waals surface area contributed by atoms with Crippen LogP contribution in [0.25, 0.3) is 27.8 Å². The summed E-state index contributed by atoms with van der Waals surface area (Å²) in [6, 6.07) is 13.3. The van der Waals surface area contributed by atoms with Crippen LogP contribution in [0.15, 0.2) is 61.2 Å². The third kappa shape index (κ3) is 6.12. The molecule has 4 aromatic rings. The van der Waals surface area contributed by atoms with Crippen LogP contribution in [0.5, 0.6) is 0 Å². The van der Waals surface area contributed by atoms with Crippen molar-refractivity contribution >= 4 is 28.7 Å². The molecule has 0 aliphatic carbocycles. The van der Waals surface area contributed by atoms with Crippen molar-refractivity contribution in [2.45, 2.75) is 50.7 Å². The highest BCUT2D eigenvalue weighted by atomic mass is 19.4. The van der Waals surface area contributed by atoms with E-state index in [4.69, 9.17) is 0 Å². The minimum Gasteiger partial charge on any atom is -0.326 e. The largest absolute Gasteiger partial charge is 0.389 e. The Kier molecular flexibility index (Phi) is 7.61. The number of hydrogen-bond acceptors (Lipinski definition) is 4. The van der Waals surface area contributed by atoms with Crippen LogP contribution in [0.2, 0.25) is 0 Å². The van der Waals surface area contributed by atoms with Crippen LogP contribution in [-0.4, -0.2) is 73.4 Å². The Hall–Kier alpha value is -4.35. The molecule has 6 rings (SSSR count). The Balaban J connectivity index is 1.12. The van der Waals surface area contributed by atoms with Gasteiger partial charge in [-0.1, -0.05) is 12.1 Å². The number of halogens is 3. The van der Waals surface area contributed by atoms with Crippen molar-refractivity contribution in [1.82, 2.24) is 29.1 Å². The number of aromatic nitrogens is 4. The zero-order valence-corrected chi connectivity index (χ0v) is 23.1. The summed E-state index contributed by atoms with van der Waals surface area (Å²) in [6.07, 6.45) is 3.33. The van der Waals surface area contributed by atoms with Gasteiger partial charge in [0.15, 0.2) is 0 Å². The number of rotatable bonds is 6. The van der Waals surface area contributed by atoms with Crippen LogP contribution < -0.4 is 5.32 Å². The van der Waals surface area contributed by atoms with Gasteiger partial charge in [-0.3, -0.25) is 14.0 Å². The fraction of sp³-hybridized carbons (Fsp3) is 0.400. The minimum atomic E-state index is -4.38. The maximum Gasteiger partial charge on any atom is 0.389 e. The number of piperidine rings is 1. The predicted molar refractivity (Wildman–Crippen MR) is 152 cm³/mol. The summed E-state index contributed by atoms with van der Waals surface area (Å²) in [4.78, 5) is 33.2. The average Bonchev–Trinajstić information content (AvgIpc) is 3.76. The molecule has 0 bridgehead atoms. The van der Waals surface area contributed by atoms with Gasteiger partial charge in [0.25, 0.3) is 0 Å². The zero-order chi connectivity index (χ0) is 29.3. The summed E-state index contributed by atoms with van der Waals surface area (Å²) < 4.78 is 41.2. The normalized spacial score (nSPS) is 16.4. The lowest BCUT2D eigenvalue weighted by molar-refractivity contribution is -0.142. The Morgan fingerprint density at radius 2 is 1.71 bits per heavy atom. The molecular weight excluding hydrogens is 547 g/mol. The lowest BCUT2D eigenvalue weighted by Gasteiger charge is -2.34. The van der Waals surface area contributed by atoms with E-state index >= 15 is 0 Å². The fourth-order valence-corrected chi connectivity index (χ4v) is 5.73. The molecule has 2 aliphatic rings. The number of carbonyl (C=O) groups excluding carboxylic acids is 2. The molecule has 2 aromatic carbocycles. The number of amides is 3. The highest BCUT2D eigenvalue weighted by Crippen LogP contribution is 2.29. The van der Waals surface area contributed by atoms with E-state index in [0.717, 1.165) is 79.7 Å². The molecule has 4 heterocycles. The van der Waals surface area contributed by atoms with E-state index < -0.39 is 24.9 Å². The number of imidazole rings is 1. The van der Waals surface area contributed by atoms with Crippen LogP contribution in [0, 0.1) is 0 Å². The number of fused-ring (bicyclic) bond motifs is 1. The van der Waals surface area contributed by atoms with E-state index in [0.29, 0.717) is 5.69 Å². The first-order chi connectivity index (χ1) is 20.2. The van der Waals surface area contributed by atoms with Gasteiger partial charge < -0.3 is 15.1 Å². The van der Waals surface area contributed by atoms with Crippen molar-refractivity contribution in [3.8, 4) is 16.8 Å². The molecule has 0 atom stereocenters. The van der Waals surface area contributed by atoms with Crippen LogP contribution in [0.1, 0.15) is 44.6 Å². The van der Waals surface area contributed by atoms with Gasteiger partial charge in [-0.25, -0.2) is 9.78 Å². The second kappa shape index (κ2) is 11.5. The van der Waals surface area contributed by atoms with E-state index in [1.54, 1.807) is 24.5 Å². The molecule has 12 heteroatoms. The van der Waals surface area contributed by atoms with Crippen molar-refractivity contribution in [2.75, 3.05) is 31.5 Å². The van der Waals surface area contributed by atoms with Crippen molar-refractivity contribution in [2.24, 2.45) is 0 Å². The molecule has 0 spiro atoms. The lowest BCUT2D eigenvalue weighted by atomic mass is 10.1. The van der Waals surface area contributed by atoms with E-state index in [1.165, 1.54) is 0 Å². The van der Waals surface area contributed by atoms with Crippen LogP contribution >= 0.6 is 0 Å². The Morgan fingerprint density at radius 1 is 0.952 bits per heavy atom. The first kappa shape index (κ1) is 27.8. The molecule has 220 valence electrons. The third-order valence-corrected chi connectivity index (χ3v) is 8.01. The summed E-state index contributed by atoms with van der Waals surface area (Å²) in [6.45, 7) is 3.19. The van der Waals surface area contributed by atoms with Crippen molar-refractivity contribution in [3.05, 3.63) is 61.2 Å². The predicted octanol–water partition coefficient (Wildman–Crippen LogP) is 6.02. The number of hydrogen-bond donors (Lipinski definition) is 1. The van der Waals surface area contributed by atoms with Gasteiger partial charge >= 0.3 is 12.2 Å². The van der Waals surface area contributed by atoms with Crippen molar-refractivity contribution in [1.29, 1.82) is 0 Å². The molecular formula is C30H32F3N7O2. The number of urea groups is 1. The molecule has 2 fully saturated rings. The van der Waals surface area contributed by atoms with E-state index in [-0.39, 0.29) is 12.1 Å². The lowest BCUT2D eigenvalue weighted by Crippen LogP contribution is -2.45. The number of anilines is 1. The molecule has 42 heavy (non-hydrogen) atoms. The molecule has 3 amide bonds. The third-order valence-electron chi connectivity index (χ3n) is 8.01. The van der Waals surface area contributed by atoms with Crippen LogP contribution in [-0.2, 0) is 4.79 Å². The maximum absolute atomic E-state index is 12.7. The first-order valence-corrected chi connectivity index (χ1v) is 14.3. The highest BCUT2D eigenvalue weighted by molar-refractivity contribution is 5.91. The summed E-state index contributed by atoms with van der Waals surface area (Å²) in [5.41, 5.74) is 4.71. The molecule has 2 aliphatic heterocycles. The Labute approximate surface area is 240 Å². The van der Waals surface area contributed by atoms with Gasteiger partial charge in [-0.15, -0.1) is 0 Å². The molecule has 2 aromatic heterocycles. The van der Waals surface area contributed by atoms with Gasteiger partial charge in [0.2, 0.25) is 5.91 Å². The van der Waals surface area contributed by atoms with Gasteiger partial charge in [-0.05, 0) is 61.6 Å². The maximum atomic E-state index is 12.7. The SMILES string of the molecule is O=C(CCC(F)(F)F)Nc1cccc(-n2cnc3cc(-c4cnn(C5CCN(C(=O)N6CCCC6)CC5)c4)ccc32)c1. The molecule has 0 unspecified atom stereocenters. The monoisotopic (exact) mass is 579 g/mol. The summed E-state index contributed by atoms with van der Waals surface area (Å²) in [7, 11) is 0. The number of likely N-dealkylation sites (tertiary alicyclic amines) is 2. The number of benzene rings is 2. The number of nitrogens with zero attached hydrogens (tertiary/aromatic N) is 6. The second-order valence-corrected chi connectivity index (χ2v) is 10.9. The van der Waals surface area contributed by atoms with Crippen molar-refractivity contribution < 1.29 is 22.8 Å². The van der Waals surface area contributed by atoms with E-state index in [9.17, 15) is 22.8 Å². The molecule has 1 N–H and O–H groups in total. The summed E-state index contributed by atoms with van der Waals surface area (Å²) in [5, 5.41) is 7.18. The van der Waals surface area contributed by atoms with Gasteiger partial charge in [0.1, 0.15) is 6.33 Å². The average molecular weight is 580 g/mol. The molecule has 9 nitrogen and oxygen atoms in total. The second-order valence-electron chi connectivity index (χ2n) is 10.9.